The maximum atomic E-state index is 13.6. The molecule has 3 aliphatic rings. The first-order valence-corrected chi connectivity index (χ1v) is 12.7. The van der Waals surface area contributed by atoms with Gasteiger partial charge in [0.15, 0.2) is 0 Å². The number of nitrogens with zero attached hydrogens (tertiary/aromatic N) is 4. The molecule has 0 unspecified atom stereocenters. The van der Waals surface area contributed by atoms with E-state index < -0.39 is 0 Å². The van der Waals surface area contributed by atoms with Gasteiger partial charge in [-0.25, -0.2) is 4.99 Å². The van der Waals surface area contributed by atoms with Gasteiger partial charge in [0.25, 0.3) is 5.91 Å². The molecule has 1 aromatic carbocycles. The summed E-state index contributed by atoms with van der Waals surface area (Å²) in [5.74, 6) is -0.0624. The normalized spacial score (nSPS) is 20.5. The van der Waals surface area contributed by atoms with Crippen LogP contribution in [0.4, 0.5) is 10.7 Å². The van der Waals surface area contributed by atoms with E-state index in [1.54, 1.807) is 11.3 Å². The van der Waals surface area contributed by atoms with Crippen molar-refractivity contribution in [2.45, 2.75) is 51.4 Å². The summed E-state index contributed by atoms with van der Waals surface area (Å²) >= 11 is 5.15. The van der Waals surface area contributed by atoms with E-state index >= 15 is 0 Å². The predicted octanol–water partition coefficient (Wildman–Crippen LogP) is 5.56. The van der Waals surface area contributed by atoms with E-state index in [2.05, 4.69) is 26.9 Å². The third kappa shape index (κ3) is 3.97. The van der Waals surface area contributed by atoms with Crippen molar-refractivity contribution < 1.29 is 4.79 Å². The lowest BCUT2D eigenvalue weighted by atomic mass is 9.96. The standard InChI is InChI=1S/C24H25BrN4OS/c25-16-9-10-20-18(13-16)22(24(30)29(20)15-28-11-5-1-2-6-12-28)27-23-19(14-26)17-7-3-4-8-21(17)31-23/h9-10,13H,1-8,11-12,15H2. The van der Waals surface area contributed by atoms with Crippen molar-refractivity contribution in [3.8, 4) is 6.07 Å². The molecule has 160 valence electrons. The van der Waals surface area contributed by atoms with E-state index in [4.69, 9.17) is 4.99 Å². The minimum absolute atomic E-state index is 0.0624. The zero-order valence-corrected chi connectivity index (χ0v) is 19.9. The number of benzene rings is 1. The first kappa shape index (κ1) is 20.9. The summed E-state index contributed by atoms with van der Waals surface area (Å²) in [4.78, 5) is 23.9. The van der Waals surface area contributed by atoms with Crippen LogP contribution in [-0.2, 0) is 17.6 Å². The molecule has 1 aromatic heterocycles. The van der Waals surface area contributed by atoms with Crippen molar-refractivity contribution in [2.75, 3.05) is 24.7 Å². The second-order valence-electron chi connectivity index (χ2n) is 8.53. The molecule has 3 heterocycles. The van der Waals surface area contributed by atoms with Gasteiger partial charge in [-0.15, -0.1) is 11.3 Å². The molecule has 2 aromatic rings. The maximum Gasteiger partial charge on any atom is 0.278 e. The third-order valence-electron chi connectivity index (χ3n) is 6.47. The molecule has 1 aliphatic carbocycles. The van der Waals surface area contributed by atoms with Gasteiger partial charge in [-0.3, -0.25) is 14.6 Å². The van der Waals surface area contributed by atoms with Gasteiger partial charge < -0.3 is 0 Å². The molecule has 1 saturated heterocycles. The lowest BCUT2D eigenvalue weighted by Crippen LogP contribution is -2.41. The molecule has 0 spiro atoms. The van der Waals surface area contributed by atoms with E-state index in [0.29, 0.717) is 22.9 Å². The number of aryl methyl sites for hydroxylation is 1. The molecule has 1 fully saturated rings. The van der Waals surface area contributed by atoms with Crippen LogP contribution in [0.25, 0.3) is 0 Å². The molecule has 1 amide bonds. The molecule has 0 atom stereocenters. The molecule has 2 aliphatic heterocycles. The van der Waals surface area contributed by atoms with E-state index in [1.807, 2.05) is 23.1 Å². The maximum absolute atomic E-state index is 13.6. The fraction of sp³-hybridized carbons (Fsp3) is 0.458. The predicted molar refractivity (Wildman–Crippen MR) is 128 cm³/mol. The summed E-state index contributed by atoms with van der Waals surface area (Å²) in [6, 6.07) is 8.34. The zero-order valence-electron chi connectivity index (χ0n) is 17.5. The van der Waals surface area contributed by atoms with Crippen LogP contribution in [0.1, 0.15) is 60.1 Å². The second-order valence-corrected chi connectivity index (χ2v) is 10.5. The zero-order chi connectivity index (χ0) is 21.4. The second kappa shape index (κ2) is 8.85. The summed E-state index contributed by atoms with van der Waals surface area (Å²) in [6.07, 6.45) is 9.12. The van der Waals surface area contributed by atoms with Gasteiger partial charge in [0, 0.05) is 14.9 Å². The van der Waals surface area contributed by atoms with Gasteiger partial charge in [-0.2, -0.15) is 5.26 Å². The van der Waals surface area contributed by atoms with Crippen LogP contribution in [0.3, 0.4) is 0 Å². The van der Waals surface area contributed by atoms with Crippen LogP contribution in [0, 0.1) is 11.3 Å². The molecule has 0 bridgehead atoms. The Morgan fingerprint density at radius 2 is 1.87 bits per heavy atom. The highest BCUT2D eigenvalue weighted by Gasteiger charge is 2.36. The summed E-state index contributed by atoms with van der Waals surface area (Å²) in [6.45, 7) is 2.65. The number of hydrogen-bond donors (Lipinski definition) is 0. The Kier molecular flexibility index (Phi) is 5.96. The fourth-order valence-corrected chi connectivity index (χ4v) is 6.43. The Morgan fingerprint density at radius 3 is 2.65 bits per heavy atom. The summed E-state index contributed by atoms with van der Waals surface area (Å²) in [5.41, 5.74) is 4.05. The summed E-state index contributed by atoms with van der Waals surface area (Å²) in [7, 11) is 0. The number of fused-ring (bicyclic) bond motifs is 2. The Morgan fingerprint density at radius 1 is 1.10 bits per heavy atom. The highest BCUT2D eigenvalue weighted by Crippen LogP contribution is 2.41. The van der Waals surface area contributed by atoms with Crippen molar-refractivity contribution in [1.29, 1.82) is 5.26 Å². The molecule has 5 rings (SSSR count). The van der Waals surface area contributed by atoms with Gasteiger partial charge >= 0.3 is 0 Å². The fourth-order valence-electron chi connectivity index (χ4n) is 4.86. The van der Waals surface area contributed by atoms with Crippen LogP contribution >= 0.6 is 27.3 Å². The van der Waals surface area contributed by atoms with Crippen molar-refractivity contribution in [1.82, 2.24) is 4.90 Å². The Bertz CT molecular complexity index is 1090. The van der Waals surface area contributed by atoms with Crippen LogP contribution in [0.2, 0.25) is 0 Å². The largest absolute Gasteiger partial charge is 0.293 e. The molecule has 0 saturated carbocycles. The van der Waals surface area contributed by atoms with Gasteiger partial charge in [0.2, 0.25) is 0 Å². The Labute approximate surface area is 195 Å². The van der Waals surface area contributed by atoms with E-state index in [-0.39, 0.29) is 5.91 Å². The van der Waals surface area contributed by atoms with Gasteiger partial charge in [0.05, 0.1) is 17.9 Å². The topological polar surface area (TPSA) is 59.7 Å². The van der Waals surface area contributed by atoms with Crippen LogP contribution < -0.4 is 4.90 Å². The minimum Gasteiger partial charge on any atom is -0.293 e. The van der Waals surface area contributed by atoms with Crippen molar-refractivity contribution >= 4 is 49.6 Å². The Balaban J connectivity index is 1.54. The number of anilines is 1. The molecule has 5 nitrogen and oxygen atoms in total. The molecule has 7 heteroatoms. The molecule has 0 N–H and O–H groups in total. The smallest absolute Gasteiger partial charge is 0.278 e. The third-order valence-corrected chi connectivity index (χ3v) is 8.15. The number of likely N-dealkylation sites (tertiary alicyclic amines) is 1. The van der Waals surface area contributed by atoms with E-state index in [9.17, 15) is 10.1 Å². The average Bonchev–Trinajstić information content (AvgIpc) is 3.09. The van der Waals surface area contributed by atoms with Gasteiger partial charge in [-0.1, -0.05) is 28.8 Å². The summed E-state index contributed by atoms with van der Waals surface area (Å²) < 4.78 is 0.925. The van der Waals surface area contributed by atoms with Crippen molar-refractivity contribution in [3.63, 3.8) is 0 Å². The molecule has 0 radical (unpaired) electrons. The van der Waals surface area contributed by atoms with Crippen molar-refractivity contribution in [3.05, 3.63) is 44.2 Å². The van der Waals surface area contributed by atoms with Crippen LogP contribution in [-0.4, -0.2) is 36.3 Å². The monoisotopic (exact) mass is 496 g/mol. The lowest BCUT2D eigenvalue weighted by Gasteiger charge is -2.26. The number of amides is 1. The first-order chi connectivity index (χ1) is 15.2. The number of hydrogen-bond acceptors (Lipinski definition) is 5. The average molecular weight is 497 g/mol. The highest BCUT2D eigenvalue weighted by molar-refractivity contribution is 9.10. The van der Waals surface area contributed by atoms with Crippen LogP contribution in [0.5, 0.6) is 0 Å². The Hall–Kier alpha value is -2.01. The molecular formula is C24H25BrN4OS. The quantitative estimate of drug-likeness (QED) is 0.558. The number of nitriles is 1. The van der Waals surface area contributed by atoms with E-state index in [0.717, 1.165) is 60.1 Å². The first-order valence-electron chi connectivity index (χ1n) is 11.1. The van der Waals surface area contributed by atoms with Gasteiger partial charge in [0.1, 0.15) is 16.8 Å². The highest BCUT2D eigenvalue weighted by atomic mass is 79.9. The number of carbonyl (C=O) groups is 1. The SMILES string of the molecule is N#Cc1c(N=C2C(=O)N(CN3CCCCCC3)c3ccc(Br)cc32)sc2c1CCCC2. The number of thiophene rings is 1. The molecular weight excluding hydrogens is 472 g/mol. The lowest BCUT2D eigenvalue weighted by molar-refractivity contribution is -0.112. The molecule has 31 heavy (non-hydrogen) atoms. The van der Waals surface area contributed by atoms with Crippen LogP contribution in [0.15, 0.2) is 27.7 Å². The van der Waals surface area contributed by atoms with Crippen molar-refractivity contribution in [2.24, 2.45) is 4.99 Å². The summed E-state index contributed by atoms with van der Waals surface area (Å²) in [5, 5.41) is 10.5. The minimum atomic E-state index is -0.0624. The number of halogens is 1. The number of aliphatic imine (C=N–C) groups is 1. The van der Waals surface area contributed by atoms with Gasteiger partial charge in [-0.05, 0) is 75.4 Å². The van der Waals surface area contributed by atoms with E-state index in [1.165, 1.54) is 30.6 Å². The number of carbonyl (C=O) groups excluding carboxylic acids is 1. The number of rotatable bonds is 3.